The van der Waals surface area contributed by atoms with E-state index in [4.69, 9.17) is 0 Å². The van der Waals surface area contributed by atoms with Crippen molar-refractivity contribution in [3.8, 4) is 0 Å². The van der Waals surface area contributed by atoms with E-state index in [1.165, 1.54) is 0 Å². The Labute approximate surface area is 123 Å². The lowest BCUT2D eigenvalue weighted by molar-refractivity contribution is -0.137. The van der Waals surface area contributed by atoms with Crippen LogP contribution in [0.3, 0.4) is 0 Å². The first-order chi connectivity index (χ1) is 9.81. The number of hydrogen-bond acceptors (Lipinski definition) is 3. The Morgan fingerprint density at radius 1 is 1.24 bits per heavy atom. The summed E-state index contributed by atoms with van der Waals surface area (Å²) in [6.07, 6.45) is -2.34. The molecule has 6 heteroatoms. The third kappa shape index (κ3) is 3.80. The summed E-state index contributed by atoms with van der Waals surface area (Å²) in [7, 11) is 1.58. The van der Waals surface area contributed by atoms with Gasteiger partial charge in [0.05, 0.1) is 5.56 Å². The van der Waals surface area contributed by atoms with Crippen molar-refractivity contribution in [2.45, 2.75) is 32.9 Å². The zero-order valence-electron chi connectivity index (χ0n) is 12.7. The van der Waals surface area contributed by atoms with Crippen LogP contribution in [0.25, 0.3) is 0 Å². The SMILES string of the molecule is CNc1cc(C(F)(F)F)cc(N2CCC(C(C)C)CC2)n1. The molecule has 21 heavy (non-hydrogen) atoms. The van der Waals surface area contributed by atoms with E-state index in [0.29, 0.717) is 17.7 Å². The molecule has 0 aliphatic carbocycles. The Kier molecular flexibility index (Phi) is 4.64. The monoisotopic (exact) mass is 301 g/mol. The van der Waals surface area contributed by atoms with Crippen LogP contribution in [0.4, 0.5) is 24.8 Å². The van der Waals surface area contributed by atoms with Crippen LogP contribution in [0, 0.1) is 11.8 Å². The van der Waals surface area contributed by atoms with Crippen molar-refractivity contribution in [1.82, 2.24) is 4.98 Å². The highest BCUT2D eigenvalue weighted by Crippen LogP contribution is 2.34. The number of alkyl halides is 3. The number of aromatic nitrogens is 1. The molecule has 1 N–H and O–H groups in total. The third-order valence-electron chi connectivity index (χ3n) is 4.20. The smallest absolute Gasteiger partial charge is 0.373 e. The van der Waals surface area contributed by atoms with E-state index in [-0.39, 0.29) is 5.82 Å². The lowest BCUT2D eigenvalue weighted by atomic mass is 9.87. The van der Waals surface area contributed by atoms with Crippen LogP contribution in [0.5, 0.6) is 0 Å². The Morgan fingerprint density at radius 3 is 2.33 bits per heavy atom. The van der Waals surface area contributed by atoms with E-state index in [1.807, 2.05) is 4.90 Å². The molecular weight excluding hydrogens is 279 g/mol. The van der Waals surface area contributed by atoms with Gasteiger partial charge in [0.25, 0.3) is 0 Å². The summed E-state index contributed by atoms with van der Waals surface area (Å²) in [5.74, 6) is 1.94. The second-order valence-electron chi connectivity index (χ2n) is 5.92. The fourth-order valence-corrected chi connectivity index (χ4v) is 2.76. The van der Waals surface area contributed by atoms with Gasteiger partial charge in [-0.1, -0.05) is 13.8 Å². The molecule has 0 aromatic carbocycles. The summed E-state index contributed by atoms with van der Waals surface area (Å²) in [5, 5.41) is 2.71. The number of pyridine rings is 1. The maximum absolute atomic E-state index is 12.9. The molecule has 2 rings (SSSR count). The molecule has 1 aliphatic heterocycles. The van der Waals surface area contributed by atoms with E-state index in [9.17, 15) is 13.2 Å². The van der Waals surface area contributed by atoms with Gasteiger partial charge in [-0.2, -0.15) is 13.2 Å². The predicted octanol–water partition coefficient (Wildman–Crippen LogP) is 4.01. The van der Waals surface area contributed by atoms with Gasteiger partial charge in [0.2, 0.25) is 0 Å². The summed E-state index contributed by atoms with van der Waals surface area (Å²) >= 11 is 0. The lowest BCUT2D eigenvalue weighted by Gasteiger charge is -2.35. The Balaban J connectivity index is 2.20. The molecule has 0 amide bonds. The second kappa shape index (κ2) is 6.12. The van der Waals surface area contributed by atoms with E-state index >= 15 is 0 Å². The molecule has 1 aromatic heterocycles. The minimum atomic E-state index is -4.35. The highest BCUT2D eigenvalue weighted by molar-refractivity contribution is 5.51. The van der Waals surface area contributed by atoms with Gasteiger partial charge in [0, 0.05) is 20.1 Å². The predicted molar refractivity (Wildman–Crippen MR) is 78.6 cm³/mol. The van der Waals surface area contributed by atoms with Gasteiger partial charge < -0.3 is 10.2 Å². The summed E-state index contributed by atoms with van der Waals surface area (Å²) in [6.45, 7) is 5.92. The zero-order chi connectivity index (χ0) is 15.6. The quantitative estimate of drug-likeness (QED) is 0.914. The van der Waals surface area contributed by atoms with E-state index in [0.717, 1.165) is 38.1 Å². The average molecular weight is 301 g/mol. The van der Waals surface area contributed by atoms with Crippen molar-refractivity contribution in [2.24, 2.45) is 11.8 Å². The number of nitrogens with zero attached hydrogens (tertiary/aromatic N) is 2. The average Bonchev–Trinajstić information content (AvgIpc) is 2.46. The van der Waals surface area contributed by atoms with Gasteiger partial charge in [-0.3, -0.25) is 0 Å². The van der Waals surface area contributed by atoms with Crippen molar-refractivity contribution in [2.75, 3.05) is 30.4 Å². The van der Waals surface area contributed by atoms with Crippen LogP contribution in [0.2, 0.25) is 0 Å². The molecule has 3 nitrogen and oxygen atoms in total. The van der Waals surface area contributed by atoms with Crippen molar-refractivity contribution in [3.05, 3.63) is 17.7 Å². The number of halogens is 3. The van der Waals surface area contributed by atoms with Crippen molar-refractivity contribution in [1.29, 1.82) is 0 Å². The summed E-state index contributed by atoms with van der Waals surface area (Å²) in [4.78, 5) is 6.23. The highest BCUT2D eigenvalue weighted by Gasteiger charge is 2.32. The molecule has 0 atom stereocenters. The first kappa shape index (κ1) is 15.9. The molecule has 0 unspecified atom stereocenters. The third-order valence-corrected chi connectivity index (χ3v) is 4.20. The molecule has 0 spiro atoms. The van der Waals surface area contributed by atoms with E-state index in [2.05, 4.69) is 24.1 Å². The summed E-state index contributed by atoms with van der Waals surface area (Å²) in [5.41, 5.74) is -0.650. The molecule has 0 saturated carbocycles. The van der Waals surface area contributed by atoms with Gasteiger partial charge >= 0.3 is 6.18 Å². The first-order valence-electron chi connectivity index (χ1n) is 7.33. The van der Waals surface area contributed by atoms with Crippen LogP contribution >= 0.6 is 0 Å². The highest BCUT2D eigenvalue weighted by atomic mass is 19.4. The van der Waals surface area contributed by atoms with Gasteiger partial charge in [-0.15, -0.1) is 0 Å². The Bertz CT molecular complexity index is 478. The van der Waals surface area contributed by atoms with Crippen LogP contribution in [-0.2, 0) is 6.18 Å². The van der Waals surface area contributed by atoms with Crippen LogP contribution in [0.15, 0.2) is 12.1 Å². The number of hydrogen-bond donors (Lipinski definition) is 1. The first-order valence-corrected chi connectivity index (χ1v) is 7.33. The number of nitrogens with one attached hydrogen (secondary N) is 1. The molecule has 0 radical (unpaired) electrons. The van der Waals surface area contributed by atoms with Crippen LogP contribution in [0.1, 0.15) is 32.3 Å². The Morgan fingerprint density at radius 2 is 1.86 bits per heavy atom. The summed E-state index contributed by atoms with van der Waals surface area (Å²) < 4.78 is 38.8. The maximum atomic E-state index is 12.9. The van der Waals surface area contributed by atoms with Gasteiger partial charge in [-0.05, 0) is 36.8 Å². The molecule has 1 saturated heterocycles. The molecule has 1 fully saturated rings. The fourth-order valence-electron chi connectivity index (χ4n) is 2.76. The van der Waals surface area contributed by atoms with Crippen LogP contribution in [-0.4, -0.2) is 25.1 Å². The Hall–Kier alpha value is -1.46. The van der Waals surface area contributed by atoms with E-state index < -0.39 is 11.7 Å². The normalized spacial score (nSPS) is 17.4. The molecule has 2 heterocycles. The molecule has 118 valence electrons. The van der Waals surface area contributed by atoms with Gasteiger partial charge in [0.1, 0.15) is 11.6 Å². The topological polar surface area (TPSA) is 28.2 Å². The van der Waals surface area contributed by atoms with E-state index in [1.54, 1.807) is 7.05 Å². The minimum Gasteiger partial charge on any atom is -0.373 e. The molecule has 1 aromatic rings. The van der Waals surface area contributed by atoms with Crippen molar-refractivity contribution in [3.63, 3.8) is 0 Å². The van der Waals surface area contributed by atoms with Gasteiger partial charge in [0.15, 0.2) is 0 Å². The standard InChI is InChI=1S/C15H22F3N3/c1-10(2)11-4-6-21(7-5-11)14-9-12(15(16,17)18)8-13(19-3)20-14/h8-11H,4-7H2,1-3H3,(H,19,20). The van der Waals surface area contributed by atoms with Crippen LogP contribution < -0.4 is 10.2 Å². The summed E-state index contributed by atoms with van der Waals surface area (Å²) in [6, 6.07) is 2.20. The van der Waals surface area contributed by atoms with Gasteiger partial charge in [-0.25, -0.2) is 4.98 Å². The zero-order valence-corrected chi connectivity index (χ0v) is 12.7. The fraction of sp³-hybridized carbons (Fsp3) is 0.667. The lowest BCUT2D eigenvalue weighted by Crippen LogP contribution is -2.36. The molecule has 1 aliphatic rings. The minimum absolute atomic E-state index is 0.255. The maximum Gasteiger partial charge on any atom is 0.416 e. The largest absolute Gasteiger partial charge is 0.416 e. The number of piperidine rings is 1. The van der Waals surface area contributed by atoms with Crippen molar-refractivity contribution >= 4 is 11.6 Å². The number of anilines is 2. The molecular formula is C15H22F3N3. The van der Waals surface area contributed by atoms with Crippen molar-refractivity contribution < 1.29 is 13.2 Å². The second-order valence-corrected chi connectivity index (χ2v) is 5.92. The number of rotatable bonds is 3. The molecule has 0 bridgehead atoms.